The lowest BCUT2D eigenvalue weighted by Crippen LogP contribution is -2.34. The number of nitrogens with zero attached hydrogens (tertiary/aromatic N) is 3. The molecular weight excluding hydrogens is 332 g/mol. The number of hydrogen-bond donors (Lipinski definition) is 1. The van der Waals surface area contributed by atoms with Crippen molar-refractivity contribution in [1.82, 2.24) is 18.7 Å². The Kier molecular flexibility index (Phi) is 3.67. The Morgan fingerprint density at radius 2 is 1.96 bits per heavy atom. The van der Waals surface area contributed by atoms with Crippen LogP contribution >= 0.6 is 0 Å². The van der Waals surface area contributed by atoms with Gasteiger partial charge in [-0.3, -0.25) is 14.5 Å². The molecule has 0 aliphatic rings. The molecule has 0 fully saturated rings. The number of nitrogens with one attached hydrogen (secondary N) is 1. The Labute approximate surface area is 137 Å². The third kappa shape index (κ3) is 2.46. The van der Waals surface area contributed by atoms with E-state index in [1.54, 1.807) is 36.1 Å². The lowest BCUT2D eigenvalue weighted by Gasteiger charge is -2.13. The van der Waals surface area contributed by atoms with Crippen LogP contribution in [0.25, 0.3) is 22.2 Å². The van der Waals surface area contributed by atoms with Crippen molar-refractivity contribution in [3.63, 3.8) is 0 Å². The molecule has 3 rings (SSSR count). The van der Waals surface area contributed by atoms with Crippen LogP contribution in [0.2, 0.25) is 0 Å². The topological polar surface area (TPSA) is 107 Å². The van der Waals surface area contributed by atoms with Crippen LogP contribution < -0.4 is 11.2 Å². The summed E-state index contributed by atoms with van der Waals surface area (Å²) in [5.74, 6) is 0. The van der Waals surface area contributed by atoms with Crippen molar-refractivity contribution in [3.05, 3.63) is 50.8 Å². The molecule has 2 aromatic heterocycles. The monoisotopic (exact) mass is 348 g/mol. The zero-order valence-electron chi connectivity index (χ0n) is 13.4. The summed E-state index contributed by atoms with van der Waals surface area (Å²) in [5.41, 5.74) is 0.869. The van der Waals surface area contributed by atoms with Gasteiger partial charge < -0.3 is 0 Å². The normalized spacial score (nSPS) is 12.0. The first-order chi connectivity index (χ1) is 11.2. The molecule has 0 atom stereocenters. The number of fused-ring (bicyclic) bond motifs is 1. The van der Waals surface area contributed by atoms with Gasteiger partial charge in [0.2, 0.25) is 10.0 Å². The zero-order chi connectivity index (χ0) is 17.6. The fourth-order valence-electron chi connectivity index (χ4n) is 2.80. The SMILES string of the molecule is CCc1cc2c(cc1-c1ccnn1C)c(=O)[nH]c(=O)n2S(C)(=O)=O. The molecule has 126 valence electrons. The molecule has 0 saturated carbocycles. The molecule has 8 nitrogen and oxygen atoms in total. The van der Waals surface area contributed by atoms with Gasteiger partial charge in [0, 0.05) is 18.8 Å². The number of aromatic amines is 1. The van der Waals surface area contributed by atoms with Crippen molar-refractivity contribution >= 4 is 20.9 Å². The lowest BCUT2D eigenvalue weighted by atomic mass is 10.00. The predicted molar refractivity (Wildman–Crippen MR) is 90.7 cm³/mol. The quantitative estimate of drug-likeness (QED) is 0.740. The highest BCUT2D eigenvalue weighted by molar-refractivity contribution is 7.89. The number of rotatable bonds is 3. The van der Waals surface area contributed by atoms with Crippen molar-refractivity contribution in [2.75, 3.05) is 6.26 Å². The lowest BCUT2D eigenvalue weighted by molar-refractivity contribution is 0.592. The van der Waals surface area contributed by atoms with Crippen LogP contribution in [0.5, 0.6) is 0 Å². The molecule has 3 aromatic rings. The minimum atomic E-state index is -3.86. The van der Waals surface area contributed by atoms with Crippen LogP contribution in [0.3, 0.4) is 0 Å². The highest BCUT2D eigenvalue weighted by Crippen LogP contribution is 2.27. The molecule has 0 saturated heterocycles. The van der Waals surface area contributed by atoms with Gasteiger partial charge in [0.1, 0.15) is 0 Å². The summed E-state index contributed by atoms with van der Waals surface area (Å²) in [4.78, 5) is 26.2. The maximum Gasteiger partial charge on any atom is 0.342 e. The highest BCUT2D eigenvalue weighted by atomic mass is 32.2. The molecule has 9 heteroatoms. The van der Waals surface area contributed by atoms with E-state index in [-0.39, 0.29) is 10.9 Å². The Balaban J connectivity index is 2.53. The van der Waals surface area contributed by atoms with E-state index in [9.17, 15) is 18.0 Å². The molecule has 0 aliphatic carbocycles. The molecule has 0 aliphatic heterocycles. The smallest absolute Gasteiger partial charge is 0.273 e. The minimum Gasteiger partial charge on any atom is -0.273 e. The van der Waals surface area contributed by atoms with E-state index >= 15 is 0 Å². The Bertz CT molecular complexity index is 1170. The molecule has 24 heavy (non-hydrogen) atoms. The van der Waals surface area contributed by atoms with Gasteiger partial charge in [-0.25, -0.2) is 13.2 Å². The van der Waals surface area contributed by atoms with Crippen molar-refractivity contribution in [1.29, 1.82) is 0 Å². The summed E-state index contributed by atoms with van der Waals surface area (Å²) in [6, 6.07) is 4.99. The van der Waals surface area contributed by atoms with Crippen LogP contribution in [0.1, 0.15) is 12.5 Å². The van der Waals surface area contributed by atoms with E-state index in [2.05, 4.69) is 10.1 Å². The summed E-state index contributed by atoms with van der Waals surface area (Å²) in [6.45, 7) is 1.91. The summed E-state index contributed by atoms with van der Waals surface area (Å²) in [5, 5.41) is 4.25. The second-order valence-electron chi connectivity index (χ2n) is 5.51. The Hall–Kier alpha value is -2.68. The minimum absolute atomic E-state index is 0.0778. The summed E-state index contributed by atoms with van der Waals surface area (Å²) >= 11 is 0. The molecular formula is C15H16N4O4S. The maximum absolute atomic E-state index is 12.2. The van der Waals surface area contributed by atoms with E-state index in [1.807, 2.05) is 6.92 Å². The Morgan fingerprint density at radius 3 is 2.50 bits per heavy atom. The van der Waals surface area contributed by atoms with Crippen molar-refractivity contribution in [3.8, 4) is 11.3 Å². The number of benzene rings is 1. The number of aromatic nitrogens is 4. The fourth-order valence-corrected chi connectivity index (χ4v) is 3.66. The second kappa shape index (κ2) is 5.45. The van der Waals surface area contributed by atoms with Gasteiger partial charge >= 0.3 is 5.69 Å². The van der Waals surface area contributed by atoms with Gasteiger partial charge in [0.15, 0.2) is 0 Å². The fraction of sp³-hybridized carbons (Fsp3) is 0.267. The van der Waals surface area contributed by atoms with Crippen molar-refractivity contribution < 1.29 is 8.42 Å². The number of hydrogen-bond acceptors (Lipinski definition) is 5. The molecule has 0 amide bonds. The van der Waals surface area contributed by atoms with E-state index in [0.717, 1.165) is 23.1 Å². The molecule has 0 bridgehead atoms. The van der Waals surface area contributed by atoms with Crippen LogP contribution in [-0.2, 0) is 23.5 Å². The van der Waals surface area contributed by atoms with Crippen LogP contribution in [-0.4, -0.2) is 33.4 Å². The highest BCUT2D eigenvalue weighted by Gasteiger charge is 2.18. The van der Waals surface area contributed by atoms with Crippen LogP contribution in [0.4, 0.5) is 0 Å². The molecule has 0 unspecified atom stereocenters. The largest absolute Gasteiger partial charge is 0.342 e. The van der Waals surface area contributed by atoms with E-state index in [1.165, 1.54) is 0 Å². The van der Waals surface area contributed by atoms with E-state index in [0.29, 0.717) is 10.4 Å². The molecule has 1 aromatic carbocycles. The van der Waals surface area contributed by atoms with Gasteiger partial charge in [-0.1, -0.05) is 6.92 Å². The summed E-state index contributed by atoms with van der Waals surface area (Å²) < 4.78 is 26.2. The standard InChI is InChI=1S/C15H16N4O4S/c1-4-9-7-13-11(8-10(9)12-5-6-16-18(12)2)14(20)17-15(21)19(13)24(3,22)23/h5-8H,4H2,1-3H3,(H,17,20,21). The number of H-pyrrole nitrogens is 1. The van der Waals surface area contributed by atoms with Crippen LogP contribution in [0.15, 0.2) is 34.0 Å². The van der Waals surface area contributed by atoms with Crippen LogP contribution in [0, 0.1) is 0 Å². The molecule has 1 N–H and O–H groups in total. The maximum atomic E-state index is 12.2. The van der Waals surface area contributed by atoms with E-state index in [4.69, 9.17) is 0 Å². The second-order valence-corrected chi connectivity index (χ2v) is 7.34. The molecule has 0 spiro atoms. The van der Waals surface area contributed by atoms with Gasteiger partial charge in [0.05, 0.1) is 22.9 Å². The molecule has 2 heterocycles. The van der Waals surface area contributed by atoms with Gasteiger partial charge in [-0.2, -0.15) is 9.07 Å². The average Bonchev–Trinajstić information content (AvgIpc) is 2.90. The summed E-state index contributed by atoms with van der Waals surface area (Å²) in [6.07, 6.45) is 3.16. The first kappa shape index (κ1) is 16.2. The first-order valence-corrected chi connectivity index (χ1v) is 9.09. The zero-order valence-corrected chi connectivity index (χ0v) is 14.2. The van der Waals surface area contributed by atoms with Gasteiger partial charge in [-0.15, -0.1) is 0 Å². The Morgan fingerprint density at radius 1 is 1.25 bits per heavy atom. The summed E-state index contributed by atoms with van der Waals surface area (Å²) in [7, 11) is -2.08. The third-order valence-electron chi connectivity index (χ3n) is 3.90. The predicted octanol–water partition coefficient (Wildman–Crippen LogP) is 0.460. The average molecular weight is 348 g/mol. The van der Waals surface area contributed by atoms with Gasteiger partial charge in [-0.05, 0) is 30.2 Å². The van der Waals surface area contributed by atoms with Gasteiger partial charge in [0.25, 0.3) is 5.56 Å². The first-order valence-electron chi connectivity index (χ1n) is 7.25. The third-order valence-corrected chi connectivity index (χ3v) is 4.93. The van der Waals surface area contributed by atoms with E-state index < -0.39 is 21.3 Å². The molecule has 0 radical (unpaired) electrons. The number of aryl methyl sites for hydroxylation is 2. The van der Waals surface area contributed by atoms with Crippen molar-refractivity contribution in [2.45, 2.75) is 13.3 Å². The van der Waals surface area contributed by atoms with Crippen molar-refractivity contribution in [2.24, 2.45) is 7.05 Å².